The highest BCUT2D eigenvalue weighted by molar-refractivity contribution is 9.09. The maximum absolute atomic E-state index is 6.42. The lowest BCUT2D eigenvalue weighted by atomic mass is 9.99. The van der Waals surface area contributed by atoms with Crippen LogP contribution in [0.1, 0.15) is 46.2 Å². The van der Waals surface area contributed by atoms with E-state index in [1.54, 1.807) is 0 Å². The van der Waals surface area contributed by atoms with Crippen LogP contribution in [0.15, 0.2) is 24.3 Å². The van der Waals surface area contributed by atoms with E-state index in [1.807, 2.05) is 0 Å². The topological polar surface area (TPSA) is 9.23 Å². The maximum Gasteiger partial charge on any atom is 0.130 e. The molecule has 25 heavy (non-hydrogen) atoms. The molecule has 2 aromatic carbocycles. The van der Waals surface area contributed by atoms with E-state index in [2.05, 4.69) is 83.8 Å². The molecule has 0 bridgehead atoms. The lowest BCUT2D eigenvalue weighted by Gasteiger charge is -2.17. The van der Waals surface area contributed by atoms with Gasteiger partial charge in [0.25, 0.3) is 0 Å². The zero-order valence-electron chi connectivity index (χ0n) is 15.7. The van der Waals surface area contributed by atoms with Crippen LogP contribution in [-0.2, 0) is 12.8 Å². The predicted octanol–water partition coefficient (Wildman–Crippen LogP) is 7.37. The molecule has 0 radical (unpaired) electrons. The van der Waals surface area contributed by atoms with E-state index in [0.29, 0.717) is 0 Å². The van der Waals surface area contributed by atoms with Crippen molar-refractivity contribution in [2.24, 2.45) is 0 Å². The predicted molar refractivity (Wildman–Crippen MR) is 116 cm³/mol. The summed E-state index contributed by atoms with van der Waals surface area (Å²) in [5, 5.41) is 2.06. The zero-order valence-corrected chi connectivity index (χ0v) is 18.9. The third-order valence-electron chi connectivity index (χ3n) is 4.60. The number of halogens is 2. The van der Waals surface area contributed by atoms with Crippen LogP contribution in [0.25, 0.3) is 0 Å². The minimum absolute atomic E-state index is 0.990. The van der Waals surface area contributed by atoms with E-state index in [9.17, 15) is 0 Å². The van der Waals surface area contributed by atoms with Gasteiger partial charge in [0, 0.05) is 10.7 Å². The Balaban J connectivity index is 2.36. The van der Waals surface area contributed by atoms with Gasteiger partial charge in [0.1, 0.15) is 11.5 Å². The fraction of sp³-hybridized carbons (Fsp3) is 0.455. The first-order valence-electron chi connectivity index (χ1n) is 8.96. The number of benzene rings is 2. The van der Waals surface area contributed by atoms with Crippen LogP contribution in [0.5, 0.6) is 11.5 Å². The van der Waals surface area contributed by atoms with E-state index in [4.69, 9.17) is 4.74 Å². The molecule has 0 N–H and O–H groups in total. The lowest BCUT2D eigenvalue weighted by molar-refractivity contribution is 0.472. The Morgan fingerprint density at radius 2 is 1.08 bits per heavy atom. The number of alkyl halides is 2. The highest BCUT2D eigenvalue weighted by Gasteiger charge is 2.12. The Morgan fingerprint density at radius 1 is 0.680 bits per heavy atom. The first-order chi connectivity index (χ1) is 12.0. The maximum atomic E-state index is 6.42. The first kappa shape index (κ1) is 20.5. The molecule has 0 aliphatic heterocycles. The molecule has 2 aromatic rings. The molecule has 0 aliphatic carbocycles. The smallest absolute Gasteiger partial charge is 0.130 e. The van der Waals surface area contributed by atoms with Crippen molar-refractivity contribution in [2.45, 2.75) is 53.4 Å². The number of hydrogen-bond donors (Lipinski definition) is 0. The van der Waals surface area contributed by atoms with Gasteiger partial charge in [-0.3, -0.25) is 0 Å². The lowest BCUT2D eigenvalue weighted by Crippen LogP contribution is -1.99. The summed E-state index contributed by atoms with van der Waals surface area (Å²) in [7, 11) is 0. The van der Waals surface area contributed by atoms with Crippen molar-refractivity contribution in [3.63, 3.8) is 0 Å². The fourth-order valence-corrected chi connectivity index (χ4v) is 3.72. The van der Waals surface area contributed by atoms with Crippen LogP contribution in [0, 0.1) is 27.7 Å². The fourth-order valence-electron chi connectivity index (χ4n) is 3.16. The molecule has 2 rings (SSSR count). The highest BCUT2D eigenvalue weighted by atomic mass is 79.9. The van der Waals surface area contributed by atoms with Gasteiger partial charge in [0.15, 0.2) is 0 Å². The average molecular weight is 468 g/mol. The highest BCUT2D eigenvalue weighted by Crippen LogP contribution is 2.33. The van der Waals surface area contributed by atoms with Crippen LogP contribution in [-0.4, -0.2) is 10.7 Å². The van der Waals surface area contributed by atoms with E-state index in [0.717, 1.165) is 47.8 Å². The second kappa shape index (κ2) is 9.78. The molecule has 0 spiro atoms. The molecule has 0 aromatic heterocycles. The molecule has 0 fully saturated rings. The van der Waals surface area contributed by atoms with Gasteiger partial charge in [0.2, 0.25) is 0 Å². The summed E-state index contributed by atoms with van der Waals surface area (Å²) in [6.07, 6.45) is 4.45. The van der Waals surface area contributed by atoms with E-state index >= 15 is 0 Å². The van der Waals surface area contributed by atoms with Gasteiger partial charge >= 0.3 is 0 Å². The quantitative estimate of drug-likeness (QED) is 0.368. The molecule has 0 heterocycles. The molecular weight excluding hydrogens is 440 g/mol. The zero-order chi connectivity index (χ0) is 18.4. The monoisotopic (exact) mass is 466 g/mol. The molecule has 0 aliphatic rings. The number of rotatable bonds is 8. The Morgan fingerprint density at radius 3 is 1.44 bits per heavy atom. The van der Waals surface area contributed by atoms with Crippen molar-refractivity contribution in [1.82, 2.24) is 0 Å². The van der Waals surface area contributed by atoms with Gasteiger partial charge in [-0.2, -0.15) is 0 Å². The number of aryl methyl sites for hydroxylation is 4. The van der Waals surface area contributed by atoms with Crippen molar-refractivity contribution in [3.05, 3.63) is 57.6 Å². The molecule has 0 unspecified atom stereocenters. The summed E-state index contributed by atoms with van der Waals surface area (Å²) in [5.74, 6) is 1.98. The van der Waals surface area contributed by atoms with Crippen LogP contribution >= 0.6 is 31.9 Å². The SMILES string of the molecule is Cc1cc(CCCBr)c(C)c(Oc2cc(C)cc(CCCBr)c2C)c1. The Bertz CT molecular complexity index is 661. The van der Waals surface area contributed by atoms with Crippen LogP contribution in [0.3, 0.4) is 0 Å². The normalized spacial score (nSPS) is 11.0. The van der Waals surface area contributed by atoms with E-state index in [1.165, 1.54) is 33.4 Å². The largest absolute Gasteiger partial charge is 0.457 e. The molecule has 0 atom stereocenters. The number of ether oxygens (including phenoxy) is 1. The molecular formula is C22H28Br2O. The van der Waals surface area contributed by atoms with Crippen LogP contribution < -0.4 is 4.74 Å². The Hall–Kier alpha value is -0.800. The summed E-state index contributed by atoms with van der Waals surface area (Å²) in [6, 6.07) is 8.89. The average Bonchev–Trinajstić information content (AvgIpc) is 2.58. The van der Waals surface area contributed by atoms with Crippen molar-refractivity contribution >= 4 is 31.9 Å². The van der Waals surface area contributed by atoms with Gasteiger partial charge < -0.3 is 4.74 Å². The second-order valence-electron chi connectivity index (χ2n) is 6.78. The van der Waals surface area contributed by atoms with Crippen molar-refractivity contribution < 1.29 is 4.74 Å². The summed E-state index contributed by atoms with van der Waals surface area (Å²) >= 11 is 7.07. The van der Waals surface area contributed by atoms with Gasteiger partial charge in [-0.25, -0.2) is 0 Å². The van der Waals surface area contributed by atoms with E-state index < -0.39 is 0 Å². The van der Waals surface area contributed by atoms with Crippen molar-refractivity contribution in [3.8, 4) is 11.5 Å². The summed E-state index contributed by atoms with van der Waals surface area (Å²) in [5.41, 5.74) is 7.81. The van der Waals surface area contributed by atoms with Gasteiger partial charge in [-0.1, -0.05) is 44.0 Å². The molecule has 0 saturated carbocycles. The Labute approximate surface area is 169 Å². The van der Waals surface area contributed by atoms with Crippen LogP contribution in [0.4, 0.5) is 0 Å². The summed E-state index contributed by atoms with van der Waals surface area (Å²) in [6.45, 7) is 8.65. The van der Waals surface area contributed by atoms with Gasteiger partial charge in [-0.15, -0.1) is 0 Å². The third-order valence-corrected chi connectivity index (χ3v) is 5.72. The van der Waals surface area contributed by atoms with Gasteiger partial charge in [0.05, 0.1) is 0 Å². The second-order valence-corrected chi connectivity index (χ2v) is 8.37. The minimum Gasteiger partial charge on any atom is -0.457 e. The molecule has 0 amide bonds. The molecule has 0 saturated heterocycles. The standard InChI is InChI=1S/C22H28Br2O/c1-15-11-19(7-5-9-23)17(3)21(13-15)25-22-14-16(2)12-20(18(22)4)8-6-10-24/h11-14H,5-10H2,1-4H3. The number of hydrogen-bond acceptors (Lipinski definition) is 1. The third kappa shape index (κ3) is 5.59. The summed E-state index contributed by atoms with van der Waals surface area (Å²) < 4.78 is 6.42. The minimum atomic E-state index is 0.990. The Kier molecular flexibility index (Phi) is 8.02. The van der Waals surface area contributed by atoms with E-state index in [-0.39, 0.29) is 0 Å². The van der Waals surface area contributed by atoms with Crippen molar-refractivity contribution in [2.75, 3.05) is 10.7 Å². The van der Waals surface area contributed by atoms with Crippen molar-refractivity contribution in [1.29, 1.82) is 0 Å². The molecule has 1 nitrogen and oxygen atoms in total. The van der Waals surface area contributed by atoms with Gasteiger partial charge in [-0.05, 0) is 98.9 Å². The summed E-state index contributed by atoms with van der Waals surface area (Å²) in [4.78, 5) is 0. The molecule has 3 heteroatoms. The first-order valence-corrected chi connectivity index (χ1v) is 11.2. The van der Waals surface area contributed by atoms with Crippen LogP contribution in [0.2, 0.25) is 0 Å². The molecule has 136 valence electrons.